The Hall–Kier alpha value is -0.190. The lowest BCUT2D eigenvalue weighted by molar-refractivity contribution is 0.0679. The zero-order chi connectivity index (χ0) is 9.07. The Morgan fingerprint density at radius 1 is 1.64 bits per heavy atom. The molecule has 11 heavy (non-hydrogen) atoms. The second-order valence-electron chi connectivity index (χ2n) is 2.43. The average Bonchev–Trinajstić information content (AvgIpc) is 1.79. The van der Waals surface area contributed by atoms with Crippen molar-refractivity contribution < 1.29 is 8.78 Å². The van der Waals surface area contributed by atoms with Gasteiger partial charge in [-0.2, -0.15) is 8.78 Å². The second-order valence-corrected chi connectivity index (χ2v) is 2.93. The number of nitrogens with one attached hydrogen (secondary N) is 1. The number of hydrogen-bond donors (Lipinski definition) is 2. The molecular weight excluding hydrogens is 174 g/mol. The van der Waals surface area contributed by atoms with E-state index in [1.54, 1.807) is 13.8 Å². The smallest absolute Gasteiger partial charge is 0.271 e. The van der Waals surface area contributed by atoms with Crippen LogP contribution < -0.4 is 11.3 Å². The van der Waals surface area contributed by atoms with Crippen molar-refractivity contribution in [3.8, 4) is 0 Å². The molecule has 0 aliphatic rings. The summed E-state index contributed by atoms with van der Waals surface area (Å²) in [5.74, 6) is 4.85. The van der Waals surface area contributed by atoms with E-state index in [-0.39, 0.29) is 0 Å². The van der Waals surface area contributed by atoms with Gasteiger partial charge < -0.3 is 0 Å². The summed E-state index contributed by atoms with van der Waals surface area (Å²) < 4.78 is 24.7. The van der Waals surface area contributed by atoms with Gasteiger partial charge in [-0.05, 0) is 25.4 Å². The largest absolute Gasteiger partial charge is 0.341 e. The van der Waals surface area contributed by atoms with Crippen LogP contribution >= 0.6 is 11.6 Å². The van der Waals surface area contributed by atoms with Crippen molar-refractivity contribution in [1.29, 1.82) is 0 Å². The summed E-state index contributed by atoms with van der Waals surface area (Å²) in [5, 5.41) is -3.34. The van der Waals surface area contributed by atoms with Gasteiger partial charge in [0.25, 0.3) is 0 Å². The quantitative estimate of drug-likeness (QED) is 0.303. The molecule has 2 nitrogen and oxygen atoms in total. The van der Waals surface area contributed by atoms with E-state index in [2.05, 4.69) is 0 Å². The van der Waals surface area contributed by atoms with E-state index in [1.807, 2.05) is 5.43 Å². The maximum atomic E-state index is 12.3. The molecule has 0 bridgehead atoms. The van der Waals surface area contributed by atoms with Gasteiger partial charge in [0.2, 0.25) is 0 Å². The molecule has 0 aliphatic heterocycles. The van der Waals surface area contributed by atoms with Gasteiger partial charge in [0.15, 0.2) is 0 Å². The minimum atomic E-state index is -3.34. The summed E-state index contributed by atoms with van der Waals surface area (Å²) >= 11 is 4.72. The Bertz CT molecular complexity index is 149. The first-order chi connectivity index (χ1) is 4.88. The van der Waals surface area contributed by atoms with Crippen LogP contribution in [0.5, 0.6) is 0 Å². The van der Waals surface area contributed by atoms with Gasteiger partial charge in [-0.25, -0.2) is 5.43 Å². The molecule has 0 aromatic heterocycles. The highest BCUT2D eigenvalue weighted by Gasteiger charge is 2.34. The van der Waals surface area contributed by atoms with E-state index in [4.69, 9.17) is 17.4 Å². The fourth-order valence-corrected chi connectivity index (χ4v) is 0.696. The molecule has 0 rings (SSSR count). The lowest BCUT2D eigenvalue weighted by Crippen LogP contribution is -2.44. The van der Waals surface area contributed by atoms with E-state index >= 15 is 0 Å². The van der Waals surface area contributed by atoms with E-state index in [0.29, 0.717) is 0 Å². The number of allylic oxidation sites excluding steroid dienone is 1. The minimum absolute atomic E-state index is 0.730. The van der Waals surface area contributed by atoms with Crippen molar-refractivity contribution >= 4 is 11.6 Å². The van der Waals surface area contributed by atoms with Crippen LogP contribution in [0.25, 0.3) is 0 Å². The average molecular weight is 185 g/mol. The number of hydrazine groups is 1. The third kappa shape index (κ3) is 4.29. The van der Waals surface area contributed by atoms with Gasteiger partial charge >= 0.3 is 5.38 Å². The van der Waals surface area contributed by atoms with E-state index in [1.165, 1.54) is 6.08 Å². The number of rotatable bonds is 3. The van der Waals surface area contributed by atoms with Crippen LogP contribution in [0.1, 0.15) is 13.8 Å². The van der Waals surface area contributed by atoms with Crippen molar-refractivity contribution in [1.82, 2.24) is 5.43 Å². The predicted molar refractivity (Wildman–Crippen MR) is 41.3 cm³/mol. The summed E-state index contributed by atoms with van der Waals surface area (Å²) in [6, 6.07) is -1.31. The van der Waals surface area contributed by atoms with Crippen LogP contribution in [0.3, 0.4) is 0 Å². The van der Waals surface area contributed by atoms with E-state index < -0.39 is 11.4 Å². The molecular formula is C6H11ClF2N2. The number of hydrogen-bond acceptors (Lipinski definition) is 2. The van der Waals surface area contributed by atoms with Crippen molar-refractivity contribution in [3.63, 3.8) is 0 Å². The monoisotopic (exact) mass is 184 g/mol. The Morgan fingerprint density at radius 2 is 2.09 bits per heavy atom. The van der Waals surface area contributed by atoms with Crippen LogP contribution in [0.4, 0.5) is 8.78 Å². The van der Waals surface area contributed by atoms with Gasteiger partial charge in [0.1, 0.15) is 6.04 Å². The zero-order valence-corrected chi connectivity index (χ0v) is 7.12. The number of nitrogens with two attached hydrogens (primary N) is 1. The summed E-state index contributed by atoms with van der Waals surface area (Å²) in [6.45, 7) is 3.37. The summed E-state index contributed by atoms with van der Waals surface area (Å²) in [7, 11) is 0. The van der Waals surface area contributed by atoms with Crippen molar-refractivity contribution in [2.45, 2.75) is 25.3 Å². The molecule has 0 spiro atoms. The minimum Gasteiger partial charge on any atom is -0.271 e. The molecule has 5 heteroatoms. The molecule has 1 atom stereocenters. The second kappa shape index (κ2) is 3.99. The molecule has 0 fully saturated rings. The third-order valence-electron chi connectivity index (χ3n) is 1.03. The van der Waals surface area contributed by atoms with Gasteiger partial charge in [-0.1, -0.05) is 11.6 Å². The first-order valence-corrected chi connectivity index (χ1v) is 3.43. The van der Waals surface area contributed by atoms with Gasteiger partial charge in [-0.3, -0.25) is 5.84 Å². The molecule has 3 N–H and O–H groups in total. The highest BCUT2D eigenvalue weighted by atomic mass is 35.5. The van der Waals surface area contributed by atoms with Crippen molar-refractivity contribution in [3.05, 3.63) is 11.6 Å². The van der Waals surface area contributed by atoms with Crippen LogP contribution in [-0.4, -0.2) is 11.4 Å². The van der Waals surface area contributed by atoms with Gasteiger partial charge in [0.05, 0.1) is 0 Å². The highest BCUT2D eigenvalue weighted by molar-refractivity contribution is 6.22. The third-order valence-corrected chi connectivity index (χ3v) is 1.27. The summed E-state index contributed by atoms with van der Waals surface area (Å²) in [4.78, 5) is 0. The first-order valence-electron chi connectivity index (χ1n) is 3.05. The number of halogens is 3. The molecule has 0 saturated heterocycles. The predicted octanol–water partition coefficient (Wildman–Crippen LogP) is 1.62. The van der Waals surface area contributed by atoms with Crippen LogP contribution in [-0.2, 0) is 0 Å². The Balaban J connectivity index is 4.31. The van der Waals surface area contributed by atoms with Gasteiger partial charge in [0, 0.05) is 0 Å². The van der Waals surface area contributed by atoms with Crippen LogP contribution in [0.15, 0.2) is 11.6 Å². The first kappa shape index (κ1) is 10.8. The molecule has 0 aliphatic carbocycles. The molecule has 0 saturated carbocycles. The molecule has 66 valence electrons. The molecule has 0 heterocycles. The summed E-state index contributed by atoms with van der Waals surface area (Å²) in [5.41, 5.74) is 2.64. The lowest BCUT2D eigenvalue weighted by Gasteiger charge is -2.17. The molecule has 0 radical (unpaired) electrons. The Kier molecular flexibility index (Phi) is 3.92. The van der Waals surface area contributed by atoms with Crippen LogP contribution in [0, 0.1) is 0 Å². The number of alkyl halides is 3. The van der Waals surface area contributed by atoms with E-state index in [0.717, 1.165) is 5.57 Å². The standard InChI is InChI=1S/C6H11ClF2N2/c1-4(2)3-5(11-10)6(7,8)9/h3,5,11H,10H2,1-2H3. The van der Waals surface area contributed by atoms with E-state index in [9.17, 15) is 8.78 Å². The lowest BCUT2D eigenvalue weighted by atomic mass is 10.2. The molecule has 0 aromatic rings. The molecule has 1 unspecified atom stereocenters. The van der Waals surface area contributed by atoms with Crippen molar-refractivity contribution in [2.75, 3.05) is 0 Å². The van der Waals surface area contributed by atoms with Crippen LogP contribution in [0.2, 0.25) is 0 Å². The maximum Gasteiger partial charge on any atom is 0.341 e. The fraction of sp³-hybridized carbons (Fsp3) is 0.667. The molecule has 0 amide bonds. The maximum absolute atomic E-state index is 12.3. The SMILES string of the molecule is CC(C)=CC(NN)C(F)(F)Cl. The Labute approximate surface area is 69.4 Å². The van der Waals surface area contributed by atoms with Gasteiger partial charge in [-0.15, -0.1) is 0 Å². The topological polar surface area (TPSA) is 38.0 Å². The molecule has 0 aromatic carbocycles. The Morgan fingerprint density at radius 3 is 2.18 bits per heavy atom. The zero-order valence-electron chi connectivity index (χ0n) is 6.37. The normalized spacial score (nSPS) is 14.4. The highest BCUT2D eigenvalue weighted by Crippen LogP contribution is 2.24. The van der Waals surface area contributed by atoms with Crippen molar-refractivity contribution in [2.24, 2.45) is 5.84 Å². The fourth-order valence-electron chi connectivity index (χ4n) is 0.570. The summed E-state index contributed by atoms with van der Waals surface area (Å²) in [6.07, 6.45) is 1.27.